The highest BCUT2D eigenvalue weighted by atomic mass is 32.2. The number of azo groups is 1. The van der Waals surface area contributed by atoms with Crippen molar-refractivity contribution in [2.45, 2.75) is 5.16 Å². The van der Waals surface area contributed by atoms with Crippen molar-refractivity contribution < 1.29 is 14.6 Å². The van der Waals surface area contributed by atoms with Crippen molar-refractivity contribution in [3.63, 3.8) is 0 Å². The van der Waals surface area contributed by atoms with E-state index in [1.165, 1.54) is 4.57 Å². The van der Waals surface area contributed by atoms with E-state index in [4.69, 9.17) is 4.74 Å². The lowest BCUT2D eigenvalue weighted by molar-refractivity contribution is -0.115. The molecule has 35 heavy (non-hydrogen) atoms. The zero-order chi connectivity index (χ0) is 24.4. The average molecular weight is 486 g/mol. The van der Waals surface area contributed by atoms with Crippen LogP contribution in [0, 0.1) is 0 Å². The number of methoxy groups -OCH3 is 1. The third-order valence-electron chi connectivity index (χ3n) is 5.32. The van der Waals surface area contributed by atoms with Gasteiger partial charge in [-0.2, -0.15) is 0 Å². The number of aromatic hydroxyl groups is 1. The fourth-order valence-corrected chi connectivity index (χ4v) is 4.43. The van der Waals surface area contributed by atoms with Crippen LogP contribution in [0.2, 0.25) is 0 Å². The van der Waals surface area contributed by atoms with Crippen molar-refractivity contribution in [1.29, 1.82) is 0 Å². The van der Waals surface area contributed by atoms with E-state index in [0.29, 0.717) is 38.4 Å². The Morgan fingerprint density at radius 1 is 1.06 bits per heavy atom. The number of hydrogen-bond donors (Lipinski definition) is 2. The van der Waals surface area contributed by atoms with Crippen molar-refractivity contribution in [1.82, 2.24) is 14.5 Å². The summed E-state index contributed by atoms with van der Waals surface area (Å²) in [5.41, 5.74) is 1.75. The number of hydrogen-bond acceptors (Lipinski definition) is 7. The Labute approximate surface area is 203 Å². The summed E-state index contributed by atoms with van der Waals surface area (Å²) in [7, 11) is 1.57. The van der Waals surface area contributed by atoms with Crippen LogP contribution in [0.5, 0.6) is 11.6 Å². The predicted octanol–water partition coefficient (Wildman–Crippen LogP) is 4.98. The van der Waals surface area contributed by atoms with Gasteiger partial charge in [0.05, 0.1) is 35.0 Å². The minimum absolute atomic E-state index is 0.104. The zero-order valence-electron chi connectivity index (χ0n) is 18.5. The number of nitrogens with one attached hydrogen (secondary N) is 1. The van der Waals surface area contributed by atoms with E-state index in [1.54, 1.807) is 73.8 Å². The van der Waals surface area contributed by atoms with Crippen LogP contribution in [0.25, 0.3) is 27.5 Å². The molecule has 0 fully saturated rings. The van der Waals surface area contributed by atoms with Gasteiger partial charge in [-0.15, -0.1) is 10.2 Å². The van der Waals surface area contributed by atoms with E-state index < -0.39 is 5.91 Å². The second-order valence-electron chi connectivity index (χ2n) is 7.50. The van der Waals surface area contributed by atoms with Crippen LogP contribution in [0.4, 0.5) is 5.69 Å². The van der Waals surface area contributed by atoms with Gasteiger partial charge in [0.15, 0.2) is 10.8 Å². The summed E-state index contributed by atoms with van der Waals surface area (Å²) in [6, 6.07) is 21.2. The lowest BCUT2D eigenvalue weighted by Crippen LogP contribution is -2.22. The summed E-state index contributed by atoms with van der Waals surface area (Å²) in [6.07, 6.45) is 0. The Kier molecular flexibility index (Phi) is 6.02. The van der Waals surface area contributed by atoms with Crippen molar-refractivity contribution in [3.8, 4) is 17.3 Å². The van der Waals surface area contributed by atoms with Gasteiger partial charge in [-0.3, -0.25) is 14.2 Å². The fraction of sp³-hybridized carbons (Fsp3) is 0.0800. The van der Waals surface area contributed by atoms with Crippen LogP contribution in [0.3, 0.4) is 0 Å². The highest BCUT2D eigenvalue weighted by Crippen LogP contribution is 2.35. The van der Waals surface area contributed by atoms with Crippen LogP contribution in [-0.2, 0) is 4.79 Å². The lowest BCUT2D eigenvalue weighted by atomic mass is 10.2. The lowest BCUT2D eigenvalue weighted by Gasteiger charge is -2.13. The summed E-state index contributed by atoms with van der Waals surface area (Å²) >= 11 is 1.08. The molecule has 10 heteroatoms. The van der Waals surface area contributed by atoms with Crippen LogP contribution in [0.1, 0.15) is 0 Å². The molecule has 0 bridgehead atoms. The molecule has 2 aromatic heterocycles. The van der Waals surface area contributed by atoms with Gasteiger partial charge in [0.2, 0.25) is 5.88 Å². The number of amides is 1. The molecule has 0 aliphatic rings. The number of thioether (sulfide) groups is 1. The number of aromatic amines is 1. The van der Waals surface area contributed by atoms with Gasteiger partial charge in [-0.1, -0.05) is 42.1 Å². The summed E-state index contributed by atoms with van der Waals surface area (Å²) < 4.78 is 6.67. The van der Waals surface area contributed by atoms with E-state index in [0.717, 1.165) is 11.8 Å². The Hall–Kier alpha value is -4.44. The minimum atomic E-state index is -0.539. The van der Waals surface area contributed by atoms with Gasteiger partial charge in [0, 0.05) is 5.39 Å². The number of carbonyl (C=O) groups is 1. The van der Waals surface area contributed by atoms with Gasteiger partial charge < -0.3 is 14.8 Å². The molecule has 5 rings (SSSR count). The highest BCUT2D eigenvalue weighted by Gasteiger charge is 2.16. The number of benzene rings is 3. The summed E-state index contributed by atoms with van der Waals surface area (Å²) in [5, 5.41) is 19.3. The Morgan fingerprint density at radius 2 is 1.77 bits per heavy atom. The first-order chi connectivity index (χ1) is 17.0. The highest BCUT2D eigenvalue weighted by molar-refractivity contribution is 7.99. The molecule has 0 unspecified atom stereocenters. The quantitative estimate of drug-likeness (QED) is 0.199. The van der Waals surface area contributed by atoms with Crippen LogP contribution < -0.4 is 10.3 Å². The number of rotatable bonds is 6. The Morgan fingerprint density at radius 3 is 2.54 bits per heavy atom. The number of fused-ring (bicyclic) bond motifs is 2. The molecule has 2 heterocycles. The molecule has 0 aliphatic carbocycles. The maximum Gasteiger partial charge on any atom is 0.275 e. The minimum Gasteiger partial charge on any atom is -0.497 e. The van der Waals surface area contributed by atoms with Crippen LogP contribution >= 0.6 is 11.8 Å². The van der Waals surface area contributed by atoms with E-state index in [9.17, 15) is 14.7 Å². The average Bonchev–Trinajstić information content (AvgIpc) is 3.21. The van der Waals surface area contributed by atoms with Gasteiger partial charge in [-0.05, 0) is 42.5 Å². The summed E-state index contributed by atoms with van der Waals surface area (Å²) in [5.74, 6) is -0.155. The molecule has 1 amide bonds. The topological polar surface area (TPSA) is 122 Å². The van der Waals surface area contributed by atoms with Crippen molar-refractivity contribution in [2.75, 3.05) is 12.9 Å². The number of nitrogens with zero attached hydrogens (tertiary/aromatic N) is 4. The van der Waals surface area contributed by atoms with E-state index in [2.05, 4.69) is 20.2 Å². The smallest absolute Gasteiger partial charge is 0.275 e. The van der Waals surface area contributed by atoms with Gasteiger partial charge >= 0.3 is 0 Å². The molecule has 3 aromatic carbocycles. The van der Waals surface area contributed by atoms with Crippen molar-refractivity contribution in [3.05, 3.63) is 83.2 Å². The van der Waals surface area contributed by atoms with E-state index in [-0.39, 0.29) is 22.9 Å². The number of para-hydroxylation sites is 2. The second kappa shape index (κ2) is 9.43. The molecule has 2 N–H and O–H groups in total. The summed E-state index contributed by atoms with van der Waals surface area (Å²) in [4.78, 5) is 33.3. The molecular formula is C25H19N5O4S. The third kappa shape index (κ3) is 4.38. The molecule has 5 aromatic rings. The number of carbonyl (C=O) groups excluding carboxylic acids is 1. The van der Waals surface area contributed by atoms with Crippen LogP contribution in [0.15, 0.2) is 93.0 Å². The third-order valence-corrected chi connectivity index (χ3v) is 6.24. The SMILES string of the molecule is COc1ccc(-n2c(SCC(=O)N=Nc3c(O)[nH]c4ccccc34)nc3ccccc3c2=O)cc1. The first-order valence-electron chi connectivity index (χ1n) is 10.6. The normalized spacial score (nSPS) is 11.5. The number of H-pyrrole nitrogens is 1. The Bertz CT molecular complexity index is 1640. The first kappa shape index (κ1) is 22.4. The van der Waals surface area contributed by atoms with Gasteiger partial charge in [-0.25, -0.2) is 4.98 Å². The van der Waals surface area contributed by atoms with Crippen molar-refractivity contribution in [2.24, 2.45) is 10.2 Å². The molecule has 0 saturated carbocycles. The first-order valence-corrected chi connectivity index (χ1v) is 11.6. The number of aromatic nitrogens is 3. The van der Waals surface area contributed by atoms with E-state index in [1.807, 2.05) is 6.07 Å². The largest absolute Gasteiger partial charge is 0.497 e. The molecule has 174 valence electrons. The van der Waals surface area contributed by atoms with Crippen LogP contribution in [-0.4, -0.2) is 38.4 Å². The molecule has 0 spiro atoms. The monoisotopic (exact) mass is 485 g/mol. The number of ether oxygens (including phenoxy) is 1. The molecule has 0 atom stereocenters. The standard InChI is InChI=1S/C25H19N5O4S/c1-34-16-12-10-15(11-13-16)30-24(33)18-7-3-5-9-20(18)27-25(30)35-14-21(31)28-29-22-17-6-2-4-8-19(17)26-23(22)32/h2-13,26,32H,14H2,1H3. The van der Waals surface area contributed by atoms with Gasteiger partial charge in [0.1, 0.15) is 5.75 Å². The van der Waals surface area contributed by atoms with Crippen molar-refractivity contribution >= 4 is 45.2 Å². The molecule has 0 radical (unpaired) electrons. The maximum absolute atomic E-state index is 13.3. The molecule has 0 saturated heterocycles. The molecular weight excluding hydrogens is 466 g/mol. The van der Waals surface area contributed by atoms with E-state index >= 15 is 0 Å². The molecule has 9 nitrogen and oxygen atoms in total. The summed E-state index contributed by atoms with van der Waals surface area (Å²) in [6.45, 7) is 0. The fourth-order valence-electron chi connectivity index (χ4n) is 3.64. The molecule has 0 aliphatic heterocycles. The zero-order valence-corrected chi connectivity index (χ0v) is 19.3. The predicted molar refractivity (Wildman–Crippen MR) is 134 cm³/mol. The Balaban J connectivity index is 1.45. The maximum atomic E-state index is 13.3. The van der Waals surface area contributed by atoms with Gasteiger partial charge in [0.25, 0.3) is 11.5 Å². The second-order valence-corrected chi connectivity index (χ2v) is 8.44.